The molecule has 146 valence electrons. The van der Waals surface area contributed by atoms with Gasteiger partial charge in [-0.2, -0.15) is 0 Å². The molecule has 3 atom stereocenters. The Morgan fingerprint density at radius 1 is 1.26 bits per heavy atom. The molecule has 0 aliphatic carbocycles. The Bertz CT molecular complexity index is 888. The van der Waals surface area contributed by atoms with Crippen LogP contribution in [0.25, 0.3) is 11.1 Å². The summed E-state index contributed by atoms with van der Waals surface area (Å²) in [4.78, 5) is 14.3. The maximum absolute atomic E-state index is 13.2. The molecule has 1 amide bonds. The highest BCUT2D eigenvalue weighted by molar-refractivity contribution is 7.99. The Balaban J connectivity index is 2.17. The summed E-state index contributed by atoms with van der Waals surface area (Å²) in [6.45, 7) is -0.984. The summed E-state index contributed by atoms with van der Waals surface area (Å²) in [7, 11) is -2.38. The van der Waals surface area contributed by atoms with Crippen LogP contribution in [0.1, 0.15) is 11.7 Å². The van der Waals surface area contributed by atoms with Crippen molar-refractivity contribution in [3.8, 4) is 11.1 Å². The SMILES string of the molecule is C=S(C)(=O)c1ccc(-c2ccc(C(O)C(CF)NC(=O)C(Cl)Cl)cc2)cn1. The van der Waals surface area contributed by atoms with Crippen molar-refractivity contribution in [2.75, 3.05) is 12.9 Å². The van der Waals surface area contributed by atoms with E-state index < -0.39 is 39.1 Å². The number of pyridine rings is 1. The minimum atomic E-state index is -2.38. The fourth-order valence-electron chi connectivity index (χ4n) is 2.36. The van der Waals surface area contributed by atoms with Crippen LogP contribution in [0, 0.1) is 0 Å². The van der Waals surface area contributed by atoms with Crippen LogP contribution in [0.15, 0.2) is 47.6 Å². The van der Waals surface area contributed by atoms with Gasteiger partial charge in [-0.15, -0.1) is 0 Å². The molecule has 5 nitrogen and oxygen atoms in total. The van der Waals surface area contributed by atoms with Crippen molar-refractivity contribution in [3.05, 3.63) is 48.2 Å². The van der Waals surface area contributed by atoms with Gasteiger partial charge in [-0.05, 0) is 23.1 Å². The summed E-state index contributed by atoms with van der Waals surface area (Å²) in [5.41, 5.74) is 2.01. The number of rotatable bonds is 7. The number of aliphatic hydroxyl groups is 1. The second kappa shape index (κ2) is 9.01. The van der Waals surface area contributed by atoms with E-state index in [2.05, 4.69) is 16.2 Å². The van der Waals surface area contributed by atoms with Gasteiger partial charge in [0, 0.05) is 27.5 Å². The van der Waals surface area contributed by atoms with E-state index in [-0.39, 0.29) is 0 Å². The largest absolute Gasteiger partial charge is 0.386 e. The zero-order valence-electron chi connectivity index (χ0n) is 14.4. The minimum absolute atomic E-state index is 0.414. The summed E-state index contributed by atoms with van der Waals surface area (Å²) < 4.78 is 25.1. The third-order valence-corrected chi connectivity index (χ3v) is 5.36. The molecule has 0 saturated heterocycles. The molecule has 2 rings (SSSR count). The van der Waals surface area contributed by atoms with Crippen molar-refractivity contribution in [3.63, 3.8) is 0 Å². The van der Waals surface area contributed by atoms with Crippen LogP contribution in [0.5, 0.6) is 0 Å². The number of nitrogens with one attached hydrogen (secondary N) is 1. The number of aliphatic hydroxyl groups excluding tert-OH is 1. The van der Waals surface area contributed by atoms with Crippen LogP contribution in [-0.4, -0.2) is 49.9 Å². The summed E-state index contributed by atoms with van der Waals surface area (Å²) in [5, 5.41) is 13.0. The van der Waals surface area contributed by atoms with Crippen molar-refractivity contribution in [1.29, 1.82) is 0 Å². The lowest BCUT2D eigenvalue weighted by Crippen LogP contribution is -2.43. The van der Waals surface area contributed by atoms with Gasteiger partial charge in [-0.25, -0.2) is 9.37 Å². The van der Waals surface area contributed by atoms with Gasteiger partial charge in [0.05, 0.1) is 6.04 Å². The normalized spacial score (nSPS) is 15.8. The maximum atomic E-state index is 13.2. The Labute approximate surface area is 167 Å². The first-order valence-corrected chi connectivity index (χ1v) is 10.9. The van der Waals surface area contributed by atoms with E-state index in [0.29, 0.717) is 10.6 Å². The molecule has 1 aromatic heterocycles. The summed E-state index contributed by atoms with van der Waals surface area (Å²) in [6.07, 6.45) is 1.83. The highest BCUT2D eigenvalue weighted by Crippen LogP contribution is 2.24. The van der Waals surface area contributed by atoms with Crippen LogP contribution in [-0.2, 0) is 14.3 Å². The number of aromatic nitrogens is 1. The molecular weight excluding hydrogens is 414 g/mol. The van der Waals surface area contributed by atoms with E-state index in [9.17, 15) is 18.5 Å². The van der Waals surface area contributed by atoms with Crippen molar-refractivity contribution in [2.45, 2.75) is 22.0 Å². The van der Waals surface area contributed by atoms with Crippen LogP contribution in [0.4, 0.5) is 4.39 Å². The Kier molecular flexibility index (Phi) is 7.22. The van der Waals surface area contributed by atoms with Gasteiger partial charge in [-0.1, -0.05) is 53.5 Å². The third-order valence-electron chi connectivity index (χ3n) is 3.84. The number of carbonyl (C=O) groups excluding carboxylic acids is 1. The predicted molar refractivity (Wildman–Crippen MR) is 107 cm³/mol. The molecule has 0 aliphatic rings. The average molecular weight is 433 g/mol. The molecule has 9 heteroatoms. The molecular formula is C18H19Cl2FN2O3S. The third kappa shape index (κ3) is 5.65. The van der Waals surface area contributed by atoms with Crippen LogP contribution in [0.3, 0.4) is 0 Å². The number of hydrogen-bond donors (Lipinski definition) is 2. The molecule has 3 unspecified atom stereocenters. The second-order valence-electron chi connectivity index (χ2n) is 6.03. The quantitative estimate of drug-likeness (QED) is 0.520. The highest BCUT2D eigenvalue weighted by atomic mass is 35.5. The smallest absolute Gasteiger partial charge is 0.253 e. The number of alkyl halides is 3. The molecule has 2 N–H and O–H groups in total. The molecule has 0 radical (unpaired) electrons. The van der Waals surface area contributed by atoms with E-state index in [4.69, 9.17) is 23.2 Å². The Morgan fingerprint density at radius 3 is 2.30 bits per heavy atom. The van der Waals surface area contributed by atoms with Crippen molar-refractivity contribution >= 4 is 44.5 Å². The van der Waals surface area contributed by atoms with Gasteiger partial charge in [0.1, 0.15) is 17.8 Å². The number of benzene rings is 1. The number of nitrogens with zero attached hydrogens (tertiary/aromatic N) is 1. The number of halogens is 3. The lowest BCUT2D eigenvalue weighted by Gasteiger charge is -2.22. The van der Waals surface area contributed by atoms with Crippen molar-refractivity contribution in [1.82, 2.24) is 10.3 Å². The van der Waals surface area contributed by atoms with E-state index in [1.165, 1.54) is 6.26 Å². The molecule has 1 heterocycles. The molecule has 0 saturated carbocycles. The molecule has 1 aromatic carbocycles. The summed E-state index contributed by atoms with van der Waals surface area (Å²) in [5.74, 6) is 2.81. The van der Waals surface area contributed by atoms with Gasteiger partial charge in [0.2, 0.25) is 0 Å². The zero-order chi connectivity index (χ0) is 20.2. The maximum Gasteiger partial charge on any atom is 0.253 e. The minimum Gasteiger partial charge on any atom is -0.386 e. The van der Waals surface area contributed by atoms with E-state index >= 15 is 0 Å². The molecule has 0 bridgehead atoms. The molecule has 0 spiro atoms. The number of amides is 1. The van der Waals surface area contributed by atoms with Gasteiger partial charge >= 0.3 is 0 Å². The van der Waals surface area contributed by atoms with Crippen molar-refractivity contribution < 1.29 is 18.5 Å². The predicted octanol–water partition coefficient (Wildman–Crippen LogP) is 2.75. The lowest BCUT2D eigenvalue weighted by molar-refractivity contribution is -0.121. The standard InChI is InChI=1S/C18H19Cl2FN2O3S/c1-27(2,26)15-8-7-13(10-22-15)11-3-5-12(6-4-11)16(24)14(9-21)23-18(25)17(19)20/h3-8,10,14,16-17,24H,1,9H2,2H3,(H,23,25). The first kappa shape index (κ1) is 21.6. The average Bonchev–Trinajstić information content (AvgIpc) is 2.64. The Hall–Kier alpha value is -1.67. The van der Waals surface area contributed by atoms with Crippen LogP contribution in [0.2, 0.25) is 0 Å². The number of hydrogen-bond acceptors (Lipinski definition) is 4. The monoisotopic (exact) mass is 432 g/mol. The van der Waals surface area contributed by atoms with Gasteiger partial charge in [0.15, 0.2) is 4.84 Å². The Morgan fingerprint density at radius 2 is 1.85 bits per heavy atom. The zero-order valence-corrected chi connectivity index (χ0v) is 16.8. The lowest BCUT2D eigenvalue weighted by atomic mass is 9.99. The van der Waals surface area contributed by atoms with E-state index in [1.54, 1.807) is 42.6 Å². The fraction of sp³-hybridized carbons (Fsp3) is 0.278. The van der Waals surface area contributed by atoms with Gasteiger partial charge in [-0.3, -0.25) is 9.00 Å². The van der Waals surface area contributed by atoms with Crippen LogP contribution < -0.4 is 5.32 Å². The molecule has 0 fully saturated rings. The summed E-state index contributed by atoms with van der Waals surface area (Å²) >= 11 is 10.9. The highest BCUT2D eigenvalue weighted by Gasteiger charge is 2.25. The molecule has 2 aromatic rings. The van der Waals surface area contributed by atoms with Gasteiger partial charge < -0.3 is 10.4 Å². The fourth-order valence-corrected chi connectivity index (χ4v) is 3.12. The van der Waals surface area contributed by atoms with Crippen LogP contribution >= 0.6 is 23.2 Å². The second-order valence-corrected chi connectivity index (χ2v) is 9.55. The first-order chi connectivity index (χ1) is 12.6. The van der Waals surface area contributed by atoms with E-state index in [1.807, 2.05) is 0 Å². The number of carbonyl (C=O) groups is 1. The van der Waals surface area contributed by atoms with Crippen molar-refractivity contribution in [2.24, 2.45) is 0 Å². The van der Waals surface area contributed by atoms with E-state index in [0.717, 1.165) is 11.1 Å². The first-order valence-electron chi connectivity index (χ1n) is 7.84. The van der Waals surface area contributed by atoms with Gasteiger partial charge in [0.25, 0.3) is 5.91 Å². The molecule has 27 heavy (non-hydrogen) atoms. The summed E-state index contributed by atoms with van der Waals surface area (Å²) in [6, 6.07) is 8.94. The topological polar surface area (TPSA) is 79.3 Å². The molecule has 0 aliphatic heterocycles.